The lowest BCUT2D eigenvalue weighted by atomic mass is 9.94. The Morgan fingerprint density at radius 2 is 1.69 bits per heavy atom. The molecular formula is C35H39ClN4O2. The number of anilines is 1. The van der Waals surface area contributed by atoms with E-state index in [2.05, 4.69) is 58.0 Å². The molecule has 0 bridgehead atoms. The Hall–Kier alpha value is -3.61. The highest BCUT2D eigenvalue weighted by Gasteiger charge is 2.27. The summed E-state index contributed by atoms with van der Waals surface area (Å²) in [6, 6.07) is 24.4. The minimum absolute atomic E-state index is 0.0446. The molecule has 0 saturated carbocycles. The van der Waals surface area contributed by atoms with E-state index >= 15 is 0 Å². The predicted octanol–water partition coefficient (Wildman–Crippen LogP) is 5.43. The zero-order valence-corrected chi connectivity index (χ0v) is 24.8. The Bertz CT molecular complexity index is 1440. The van der Waals surface area contributed by atoms with Gasteiger partial charge in [0.05, 0.1) is 12.1 Å². The summed E-state index contributed by atoms with van der Waals surface area (Å²) < 4.78 is 0. The van der Waals surface area contributed by atoms with Crippen LogP contribution in [0.2, 0.25) is 5.02 Å². The van der Waals surface area contributed by atoms with Gasteiger partial charge in [0.15, 0.2) is 0 Å². The number of halogens is 1. The van der Waals surface area contributed by atoms with E-state index in [1.807, 2.05) is 41.3 Å². The number of hydrogen-bond donors (Lipinski definition) is 2. The van der Waals surface area contributed by atoms with Crippen molar-refractivity contribution in [3.05, 3.63) is 112 Å². The number of para-hydroxylation sites is 1. The van der Waals surface area contributed by atoms with Gasteiger partial charge in [0, 0.05) is 49.9 Å². The second-order valence-corrected chi connectivity index (χ2v) is 12.1. The van der Waals surface area contributed by atoms with Crippen LogP contribution in [0.5, 0.6) is 0 Å². The molecule has 3 aromatic carbocycles. The first kappa shape index (κ1) is 28.5. The van der Waals surface area contributed by atoms with Crippen molar-refractivity contribution in [2.24, 2.45) is 0 Å². The number of piperidine rings is 1. The van der Waals surface area contributed by atoms with Crippen LogP contribution in [0.3, 0.4) is 0 Å². The first-order valence-corrected chi connectivity index (χ1v) is 15.5. The lowest BCUT2D eigenvalue weighted by Crippen LogP contribution is -2.50. The van der Waals surface area contributed by atoms with Crippen LogP contribution in [-0.2, 0) is 35.5 Å². The molecule has 2 fully saturated rings. The second kappa shape index (κ2) is 13.1. The summed E-state index contributed by atoms with van der Waals surface area (Å²) in [7, 11) is 0. The molecule has 6 nitrogen and oxygen atoms in total. The Morgan fingerprint density at radius 3 is 2.45 bits per heavy atom. The van der Waals surface area contributed by atoms with Crippen molar-refractivity contribution in [1.82, 2.24) is 15.5 Å². The van der Waals surface area contributed by atoms with Crippen LogP contribution >= 0.6 is 11.6 Å². The van der Waals surface area contributed by atoms with Gasteiger partial charge in [0.25, 0.3) is 0 Å². The summed E-state index contributed by atoms with van der Waals surface area (Å²) in [6.45, 7) is 4.08. The van der Waals surface area contributed by atoms with Crippen molar-refractivity contribution < 1.29 is 9.59 Å². The average molecular weight is 583 g/mol. The standard InChI is InChI=1S/C35H39ClN4O2/c36-30-13-11-25(12-14-30)20-31(38-35(42)32-22-27-6-1-2-7-28(27)23-37-32)21-26-15-18-39(19-16-26)33-9-4-3-8-29(33)24-40-17-5-10-34(40)41/h1-4,6-9,11-14,21,31-32,37H,5,10,15-20,22-24H2,(H,38,42)/t31-,32-/m1/s1. The third kappa shape index (κ3) is 6.88. The van der Waals surface area contributed by atoms with Crippen LogP contribution in [0.1, 0.15) is 47.9 Å². The molecule has 2 amide bonds. The lowest BCUT2D eigenvalue weighted by Gasteiger charge is -2.33. The molecule has 3 aliphatic rings. The summed E-state index contributed by atoms with van der Waals surface area (Å²) in [4.78, 5) is 30.2. The van der Waals surface area contributed by atoms with E-state index in [1.165, 1.54) is 28.0 Å². The van der Waals surface area contributed by atoms with Gasteiger partial charge >= 0.3 is 0 Å². The summed E-state index contributed by atoms with van der Waals surface area (Å²) in [6.07, 6.45) is 7.21. The van der Waals surface area contributed by atoms with Crippen LogP contribution in [0.4, 0.5) is 5.69 Å². The van der Waals surface area contributed by atoms with Crippen molar-refractivity contribution >= 4 is 29.1 Å². The molecule has 0 aliphatic carbocycles. The van der Waals surface area contributed by atoms with Gasteiger partial charge in [-0.3, -0.25) is 9.59 Å². The van der Waals surface area contributed by atoms with Gasteiger partial charge in [-0.2, -0.15) is 0 Å². The normalized spacial score (nSPS) is 19.4. The topological polar surface area (TPSA) is 64.7 Å². The summed E-state index contributed by atoms with van der Waals surface area (Å²) in [5.41, 5.74) is 7.47. The minimum Gasteiger partial charge on any atom is -0.371 e. The highest BCUT2D eigenvalue weighted by atomic mass is 35.5. The third-order valence-corrected chi connectivity index (χ3v) is 9.05. The maximum atomic E-state index is 13.5. The number of carbonyl (C=O) groups is 2. The molecule has 6 rings (SSSR count). The van der Waals surface area contributed by atoms with Crippen LogP contribution in [0, 0.1) is 0 Å². The van der Waals surface area contributed by atoms with Gasteiger partial charge in [0.2, 0.25) is 11.8 Å². The molecule has 3 aliphatic heterocycles. The fraction of sp³-hybridized carbons (Fsp3) is 0.371. The first-order valence-electron chi connectivity index (χ1n) is 15.2. The van der Waals surface area contributed by atoms with Crippen molar-refractivity contribution in [2.45, 2.75) is 63.7 Å². The SMILES string of the molecule is O=C(N[C@@H](C=C1CCN(c2ccccc2CN2CCCC2=O)CC1)Cc1ccc(Cl)cc1)[C@H]1Cc2ccccc2CN1. The van der Waals surface area contributed by atoms with Gasteiger partial charge in [-0.1, -0.05) is 77.8 Å². The summed E-state index contributed by atoms with van der Waals surface area (Å²) in [5, 5.41) is 7.51. The molecule has 0 unspecified atom stereocenters. The number of fused-ring (bicyclic) bond motifs is 1. The predicted molar refractivity (Wildman–Crippen MR) is 168 cm³/mol. The van der Waals surface area contributed by atoms with Gasteiger partial charge in [0.1, 0.15) is 0 Å². The molecule has 7 heteroatoms. The molecule has 218 valence electrons. The average Bonchev–Trinajstić information content (AvgIpc) is 3.42. The van der Waals surface area contributed by atoms with Gasteiger partial charge in [-0.05, 0) is 72.6 Å². The number of nitrogens with one attached hydrogen (secondary N) is 2. The van der Waals surface area contributed by atoms with Gasteiger partial charge in [-0.25, -0.2) is 0 Å². The molecule has 0 spiro atoms. The van der Waals surface area contributed by atoms with Crippen molar-refractivity contribution in [2.75, 3.05) is 24.5 Å². The van der Waals surface area contributed by atoms with Crippen LogP contribution in [-0.4, -0.2) is 48.4 Å². The van der Waals surface area contributed by atoms with E-state index in [9.17, 15) is 9.59 Å². The highest BCUT2D eigenvalue weighted by Crippen LogP contribution is 2.29. The van der Waals surface area contributed by atoms with E-state index in [4.69, 9.17) is 11.6 Å². The molecule has 3 aromatic rings. The quantitative estimate of drug-likeness (QED) is 0.348. The molecule has 42 heavy (non-hydrogen) atoms. The van der Waals surface area contributed by atoms with Crippen LogP contribution < -0.4 is 15.5 Å². The Labute approximate surface area is 253 Å². The minimum atomic E-state index is -0.244. The van der Waals surface area contributed by atoms with E-state index < -0.39 is 0 Å². The van der Waals surface area contributed by atoms with Crippen LogP contribution in [0.15, 0.2) is 84.4 Å². The van der Waals surface area contributed by atoms with Gasteiger partial charge in [-0.15, -0.1) is 0 Å². The fourth-order valence-electron chi connectivity index (χ4n) is 6.46. The Kier molecular flexibility index (Phi) is 8.92. The number of likely N-dealkylation sites (tertiary alicyclic amines) is 1. The summed E-state index contributed by atoms with van der Waals surface area (Å²) >= 11 is 6.15. The zero-order chi connectivity index (χ0) is 28.9. The molecule has 2 saturated heterocycles. The van der Waals surface area contributed by atoms with E-state index in [0.717, 1.165) is 44.5 Å². The Balaban J connectivity index is 1.13. The monoisotopic (exact) mass is 582 g/mol. The highest BCUT2D eigenvalue weighted by molar-refractivity contribution is 6.30. The largest absolute Gasteiger partial charge is 0.371 e. The van der Waals surface area contributed by atoms with Gasteiger partial charge < -0.3 is 20.4 Å². The lowest BCUT2D eigenvalue weighted by molar-refractivity contribution is -0.128. The van der Waals surface area contributed by atoms with Crippen LogP contribution in [0.25, 0.3) is 0 Å². The molecule has 2 N–H and O–H groups in total. The number of nitrogens with zero attached hydrogens (tertiary/aromatic N) is 2. The molecule has 3 heterocycles. The smallest absolute Gasteiger partial charge is 0.237 e. The number of carbonyl (C=O) groups excluding carboxylic acids is 2. The molecule has 2 atom stereocenters. The zero-order valence-electron chi connectivity index (χ0n) is 24.0. The third-order valence-electron chi connectivity index (χ3n) is 8.80. The molecule has 0 aromatic heterocycles. The number of rotatable bonds is 8. The van der Waals surface area contributed by atoms with Crippen molar-refractivity contribution in [3.8, 4) is 0 Å². The number of hydrogen-bond acceptors (Lipinski definition) is 4. The van der Waals surface area contributed by atoms with E-state index in [0.29, 0.717) is 37.4 Å². The first-order chi connectivity index (χ1) is 20.5. The second-order valence-electron chi connectivity index (χ2n) is 11.7. The maximum absolute atomic E-state index is 13.5. The number of amides is 2. The van der Waals surface area contributed by atoms with E-state index in [-0.39, 0.29) is 23.9 Å². The molecular weight excluding hydrogens is 544 g/mol. The van der Waals surface area contributed by atoms with Crippen molar-refractivity contribution in [3.63, 3.8) is 0 Å². The number of benzene rings is 3. The summed E-state index contributed by atoms with van der Waals surface area (Å²) in [5.74, 6) is 0.304. The Morgan fingerprint density at radius 1 is 0.952 bits per heavy atom. The fourth-order valence-corrected chi connectivity index (χ4v) is 6.59. The van der Waals surface area contributed by atoms with Crippen molar-refractivity contribution in [1.29, 1.82) is 0 Å². The maximum Gasteiger partial charge on any atom is 0.237 e. The van der Waals surface area contributed by atoms with E-state index in [1.54, 1.807) is 0 Å². The molecule has 0 radical (unpaired) electrons.